The van der Waals surface area contributed by atoms with Gasteiger partial charge in [-0.05, 0) is 31.9 Å². The lowest BCUT2D eigenvalue weighted by atomic mass is 9.71. The summed E-state index contributed by atoms with van der Waals surface area (Å²) in [6, 6.07) is 3.47. The summed E-state index contributed by atoms with van der Waals surface area (Å²) in [4.78, 5) is 14.7. The van der Waals surface area contributed by atoms with Gasteiger partial charge >= 0.3 is 0 Å². The maximum atomic E-state index is 12.8. The van der Waals surface area contributed by atoms with Crippen molar-refractivity contribution in [2.75, 3.05) is 26.3 Å². The Morgan fingerprint density at radius 2 is 2.25 bits per heavy atom. The fraction of sp³-hybridized carbons (Fsp3) is 0.588. The number of aromatic nitrogens is 3. The molecular formula is C17H22N4O3. The number of ether oxygens (including phenoxy) is 1. The lowest BCUT2D eigenvalue weighted by Crippen LogP contribution is -2.37. The number of likely N-dealkylation sites (tertiary alicyclic amines) is 1. The number of rotatable bonds is 3. The minimum atomic E-state index is -0.0454. The number of aryl methyl sites for hydroxylation is 1. The van der Waals surface area contributed by atoms with Crippen molar-refractivity contribution in [3.63, 3.8) is 0 Å². The van der Waals surface area contributed by atoms with Gasteiger partial charge in [0.05, 0.1) is 6.26 Å². The Bertz CT molecular complexity index is 703. The fourth-order valence-corrected chi connectivity index (χ4v) is 4.10. The highest BCUT2D eigenvalue weighted by molar-refractivity contribution is 5.91. The third-order valence-corrected chi connectivity index (χ3v) is 5.45. The Balaban J connectivity index is 1.67. The SMILES string of the molecule is CCn1cnnc1C1CN(C(=O)c2ccco2)CC12CCOCC2. The fourth-order valence-electron chi connectivity index (χ4n) is 4.10. The molecule has 0 saturated carbocycles. The van der Waals surface area contributed by atoms with E-state index in [0.29, 0.717) is 12.3 Å². The number of hydrogen-bond donors (Lipinski definition) is 0. The van der Waals surface area contributed by atoms with Crippen LogP contribution in [0.4, 0.5) is 0 Å². The minimum absolute atomic E-state index is 0.0143. The van der Waals surface area contributed by atoms with E-state index in [1.807, 2.05) is 4.90 Å². The molecule has 4 rings (SSSR count). The van der Waals surface area contributed by atoms with Crippen LogP contribution in [0.15, 0.2) is 29.1 Å². The molecule has 0 aromatic carbocycles. The first-order valence-corrected chi connectivity index (χ1v) is 8.52. The van der Waals surface area contributed by atoms with Gasteiger partial charge in [-0.25, -0.2) is 0 Å². The van der Waals surface area contributed by atoms with Crippen LogP contribution in [-0.2, 0) is 11.3 Å². The Hall–Kier alpha value is -2.15. The van der Waals surface area contributed by atoms with Crippen molar-refractivity contribution in [1.82, 2.24) is 19.7 Å². The molecule has 128 valence electrons. The number of furan rings is 1. The molecule has 7 heteroatoms. The largest absolute Gasteiger partial charge is 0.459 e. The van der Waals surface area contributed by atoms with Crippen LogP contribution in [0, 0.1) is 5.41 Å². The predicted octanol–water partition coefficient (Wildman–Crippen LogP) is 1.93. The second-order valence-electron chi connectivity index (χ2n) is 6.67. The van der Waals surface area contributed by atoms with E-state index in [1.165, 1.54) is 0 Å². The molecule has 2 aromatic rings. The Morgan fingerprint density at radius 1 is 1.42 bits per heavy atom. The van der Waals surface area contributed by atoms with Crippen molar-refractivity contribution in [3.05, 3.63) is 36.3 Å². The molecule has 1 unspecified atom stereocenters. The number of carbonyl (C=O) groups is 1. The third-order valence-electron chi connectivity index (χ3n) is 5.45. The minimum Gasteiger partial charge on any atom is -0.459 e. The van der Waals surface area contributed by atoms with E-state index < -0.39 is 0 Å². The molecule has 2 aliphatic rings. The van der Waals surface area contributed by atoms with Crippen LogP contribution in [0.3, 0.4) is 0 Å². The molecule has 2 fully saturated rings. The first-order valence-electron chi connectivity index (χ1n) is 8.52. The van der Waals surface area contributed by atoms with E-state index in [2.05, 4.69) is 21.7 Å². The van der Waals surface area contributed by atoms with E-state index in [1.54, 1.807) is 24.7 Å². The summed E-state index contributed by atoms with van der Waals surface area (Å²) in [7, 11) is 0. The average Bonchev–Trinajstić information content (AvgIpc) is 3.34. The normalized spacial score (nSPS) is 23.0. The van der Waals surface area contributed by atoms with E-state index in [9.17, 15) is 4.79 Å². The zero-order chi connectivity index (χ0) is 16.6. The molecule has 2 aromatic heterocycles. The second kappa shape index (κ2) is 6.05. The van der Waals surface area contributed by atoms with Gasteiger partial charge in [0, 0.05) is 44.2 Å². The van der Waals surface area contributed by atoms with Crippen molar-refractivity contribution < 1.29 is 13.9 Å². The first kappa shape index (κ1) is 15.4. The van der Waals surface area contributed by atoms with Crippen LogP contribution in [0.1, 0.15) is 42.1 Å². The maximum absolute atomic E-state index is 12.8. The molecule has 2 saturated heterocycles. The van der Waals surface area contributed by atoms with Crippen LogP contribution < -0.4 is 0 Å². The summed E-state index contributed by atoms with van der Waals surface area (Å²) in [5.41, 5.74) is 0.0143. The quantitative estimate of drug-likeness (QED) is 0.860. The van der Waals surface area contributed by atoms with Gasteiger partial charge in [0.1, 0.15) is 12.2 Å². The standard InChI is InChI=1S/C17H22N4O3/c1-2-20-12-18-19-15(20)13-10-21(16(22)14-4-3-7-24-14)11-17(13)5-8-23-9-6-17/h3-4,7,12-13H,2,5-6,8-11H2,1H3. The molecule has 4 heterocycles. The monoisotopic (exact) mass is 330 g/mol. The highest BCUT2D eigenvalue weighted by atomic mass is 16.5. The second-order valence-corrected chi connectivity index (χ2v) is 6.67. The Kier molecular flexibility index (Phi) is 3.88. The molecule has 0 radical (unpaired) electrons. The van der Waals surface area contributed by atoms with Crippen LogP contribution >= 0.6 is 0 Å². The van der Waals surface area contributed by atoms with Gasteiger partial charge < -0.3 is 18.6 Å². The molecule has 0 N–H and O–H groups in total. The van der Waals surface area contributed by atoms with E-state index in [0.717, 1.165) is 45.0 Å². The maximum Gasteiger partial charge on any atom is 0.289 e. The van der Waals surface area contributed by atoms with Crippen LogP contribution in [-0.4, -0.2) is 51.9 Å². The summed E-state index contributed by atoms with van der Waals surface area (Å²) in [6.45, 7) is 5.76. The molecule has 1 amide bonds. The number of carbonyl (C=O) groups excluding carboxylic acids is 1. The molecule has 0 aliphatic carbocycles. The lowest BCUT2D eigenvalue weighted by Gasteiger charge is -2.37. The van der Waals surface area contributed by atoms with Crippen molar-refractivity contribution in [2.45, 2.75) is 32.2 Å². The van der Waals surface area contributed by atoms with Crippen molar-refractivity contribution in [1.29, 1.82) is 0 Å². The highest BCUT2D eigenvalue weighted by Crippen LogP contribution is 2.49. The van der Waals surface area contributed by atoms with Crippen molar-refractivity contribution >= 4 is 5.91 Å². The van der Waals surface area contributed by atoms with Crippen LogP contribution in [0.2, 0.25) is 0 Å². The van der Waals surface area contributed by atoms with Gasteiger partial charge in [0.2, 0.25) is 0 Å². The Morgan fingerprint density at radius 3 is 2.96 bits per heavy atom. The van der Waals surface area contributed by atoms with Gasteiger partial charge in [0.25, 0.3) is 5.91 Å². The van der Waals surface area contributed by atoms with E-state index in [-0.39, 0.29) is 17.2 Å². The van der Waals surface area contributed by atoms with Crippen LogP contribution in [0.25, 0.3) is 0 Å². The third kappa shape index (κ3) is 2.43. The molecule has 1 spiro atoms. The Labute approximate surface area is 140 Å². The topological polar surface area (TPSA) is 73.4 Å². The van der Waals surface area contributed by atoms with E-state index in [4.69, 9.17) is 9.15 Å². The smallest absolute Gasteiger partial charge is 0.289 e. The van der Waals surface area contributed by atoms with Gasteiger partial charge in [-0.3, -0.25) is 4.79 Å². The van der Waals surface area contributed by atoms with Gasteiger partial charge in [-0.15, -0.1) is 10.2 Å². The number of amides is 1. The predicted molar refractivity (Wildman–Crippen MR) is 85.5 cm³/mol. The molecule has 2 aliphatic heterocycles. The molecular weight excluding hydrogens is 308 g/mol. The zero-order valence-corrected chi connectivity index (χ0v) is 13.9. The number of nitrogens with zero attached hydrogens (tertiary/aromatic N) is 4. The van der Waals surface area contributed by atoms with Crippen LogP contribution in [0.5, 0.6) is 0 Å². The summed E-state index contributed by atoms with van der Waals surface area (Å²) < 4.78 is 13.0. The van der Waals surface area contributed by atoms with Gasteiger partial charge in [0.15, 0.2) is 5.76 Å². The van der Waals surface area contributed by atoms with Crippen molar-refractivity contribution in [3.8, 4) is 0 Å². The summed E-state index contributed by atoms with van der Waals surface area (Å²) in [6.07, 6.45) is 5.20. The number of hydrogen-bond acceptors (Lipinski definition) is 5. The lowest BCUT2D eigenvalue weighted by molar-refractivity contribution is 0.0106. The molecule has 0 bridgehead atoms. The summed E-state index contributed by atoms with van der Waals surface area (Å²) in [5, 5.41) is 8.48. The molecule has 7 nitrogen and oxygen atoms in total. The molecule has 1 atom stereocenters. The highest BCUT2D eigenvalue weighted by Gasteiger charge is 2.51. The van der Waals surface area contributed by atoms with Gasteiger partial charge in [-0.1, -0.05) is 0 Å². The average molecular weight is 330 g/mol. The zero-order valence-electron chi connectivity index (χ0n) is 13.9. The summed E-state index contributed by atoms with van der Waals surface area (Å²) >= 11 is 0. The first-order chi connectivity index (χ1) is 11.7. The van der Waals surface area contributed by atoms with E-state index >= 15 is 0 Å². The molecule has 24 heavy (non-hydrogen) atoms. The van der Waals surface area contributed by atoms with Crippen molar-refractivity contribution in [2.24, 2.45) is 5.41 Å². The van der Waals surface area contributed by atoms with Gasteiger partial charge in [-0.2, -0.15) is 0 Å². The summed E-state index contributed by atoms with van der Waals surface area (Å²) in [5.74, 6) is 1.52.